The average Bonchev–Trinajstić information content (AvgIpc) is 3.42. The Balaban J connectivity index is 1.32. The molecule has 4 heterocycles. The number of carbonyl (C=O) groups is 2. The van der Waals surface area contributed by atoms with E-state index >= 15 is 0 Å². The maximum Gasteiger partial charge on any atom is 0.305 e. The zero-order valence-corrected chi connectivity index (χ0v) is 31.4. The van der Waals surface area contributed by atoms with Crippen LogP contribution in [-0.2, 0) is 33.5 Å². The van der Waals surface area contributed by atoms with Gasteiger partial charge in [0.25, 0.3) is 5.91 Å². The first kappa shape index (κ1) is 36.4. The molecule has 7 rings (SSSR count). The first-order chi connectivity index (χ1) is 24.9. The summed E-state index contributed by atoms with van der Waals surface area (Å²) in [6.07, 6.45) is 8.36. The molecule has 2 N–H and O–H groups in total. The Morgan fingerprint density at radius 2 is 2.02 bits per heavy atom. The van der Waals surface area contributed by atoms with Gasteiger partial charge in [-0.2, -0.15) is 0 Å². The highest BCUT2D eigenvalue weighted by Gasteiger charge is 2.45. The Labute approximate surface area is 309 Å². The number of aromatic nitrogens is 3. The summed E-state index contributed by atoms with van der Waals surface area (Å²) in [5.74, 6) is -1.15. The number of carbonyl (C=O) groups excluding carboxylic acids is 2. The minimum Gasteiger partial charge on any atom is -0.489 e. The fourth-order valence-electron chi connectivity index (χ4n) is 8.16. The summed E-state index contributed by atoms with van der Waals surface area (Å²) < 4.78 is 40.3. The number of rotatable bonds is 4. The Morgan fingerprint density at radius 1 is 1.19 bits per heavy atom. The summed E-state index contributed by atoms with van der Waals surface area (Å²) in [4.78, 5) is 34.5. The van der Waals surface area contributed by atoms with Crippen LogP contribution in [0, 0.1) is 17.8 Å². The lowest BCUT2D eigenvalue weighted by molar-refractivity contribution is 0.0124. The molecule has 3 aromatic rings. The second-order valence-corrected chi connectivity index (χ2v) is 17.0. The first-order valence-electron chi connectivity index (χ1n) is 17.7. The van der Waals surface area contributed by atoms with Crippen molar-refractivity contribution in [1.29, 1.82) is 0 Å². The summed E-state index contributed by atoms with van der Waals surface area (Å²) in [6.45, 7) is 3.35. The van der Waals surface area contributed by atoms with E-state index in [4.69, 9.17) is 30.8 Å². The van der Waals surface area contributed by atoms with Crippen molar-refractivity contribution in [2.75, 3.05) is 44.6 Å². The fourth-order valence-corrected chi connectivity index (χ4v) is 10.2. The summed E-state index contributed by atoms with van der Waals surface area (Å²) in [7, 11) is 0.821. The van der Waals surface area contributed by atoms with Crippen LogP contribution in [0.2, 0.25) is 5.02 Å². The number of methoxy groups -OCH3 is 2. The van der Waals surface area contributed by atoms with E-state index in [-0.39, 0.29) is 46.2 Å². The van der Waals surface area contributed by atoms with Crippen molar-refractivity contribution in [2.24, 2.45) is 29.2 Å². The van der Waals surface area contributed by atoms with Crippen molar-refractivity contribution in [3.05, 3.63) is 76.1 Å². The lowest BCUT2D eigenvalue weighted by Gasteiger charge is -2.45. The monoisotopic (exact) mass is 752 g/mol. The van der Waals surface area contributed by atoms with Crippen LogP contribution in [0.5, 0.6) is 11.6 Å². The zero-order chi connectivity index (χ0) is 36.8. The van der Waals surface area contributed by atoms with Crippen LogP contribution in [0.25, 0.3) is 0 Å². The van der Waals surface area contributed by atoms with E-state index in [0.29, 0.717) is 36.3 Å². The van der Waals surface area contributed by atoms with E-state index in [1.807, 2.05) is 18.2 Å². The van der Waals surface area contributed by atoms with E-state index in [1.165, 1.54) is 35.2 Å². The molecule has 13 nitrogen and oxygen atoms in total. The van der Waals surface area contributed by atoms with Gasteiger partial charge < -0.3 is 24.2 Å². The lowest BCUT2D eigenvalue weighted by atomic mass is 9.68. The minimum absolute atomic E-state index is 0.0186. The molecule has 52 heavy (non-hydrogen) atoms. The molecule has 2 aromatic heterocycles. The van der Waals surface area contributed by atoms with Crippen LogP contribution in [0.4, 0.5) is 5.82 Å². The third kappa shape index (κ3) is 7.05. The molecule has 1 unspecified atom stereocenters. The van der Waals surface area contributed by atoms with Gasteiger partial charge in [0.15, 0.2) is 11.6 Å². The van der Waals surface area contributed by atoms with Crippen molar-refractivity contribution in [1.82, 2.24) is 19.5 Å². The standard InChI is InChI=1S/C37H45ClN6O7S/c1-22-19-52(48,41-34(46)27-18-43(2)40-36(27)50-4)42-35(47)29-11-13-32-33(39-29)44(17-24-7-9-26(24)31(49-3)14-12-30(22)45)20-37(21-51-32)15-5-6-23-16-25(38)8-10-28(23)37/h8,10-14,16,18,22,24,26,30-31,45H,5-7,9,15,17,19-21H2,1-4H3,(H,41,42,46,47,48)/b14-12+/t22-,24+,26-,30+,31+,37+,52?/m1/s1. The van der Waals surface area contributed by atoms with E-state index in [2.05, 4.69) is 25.1 Å². The normalized spacial score (nSPS) is 30.8. The maximum atomic E-state index is 14.6. The molecule has 0 radical (unpaired) electrons. The summed E-state index contributed by atoms with van der Waals surface area (Å²) in [6, 6.07) is 9.33. The summed E-state index contributed by atoms with van der Waals surface area (Å²) in [5.41, 5.74) is 2.05. The van der Waals surface area contributed by atoms with E-state index in [0.717, 1.165) is 32.1 Å². The number of aliphatic hydroxyl groups is 1. The molecule has 15 heteroatoms. The molecule has 1 spiro atoms. The van der Waals surface area contributed by atoms with Gasteiger partial charge in [0, 0.05) is 43.9 Å². The van der Waals surface area contributed by atoms with Crippen molar-refractivity contribution < 1.29 is 33.1 Å². The highest BCUT2D eigenvalue weighted by Crippen LogP contribution is 2.46. The fraction of sp³-hybridized carbons (Fsp3) is 0.514. The third-order valence-electron chi connectivity index (χ3n) is 11.0. The molecule has 1 fully saturated rings. The first-order valence-corrected chi connectivity index (χ1v) is 19.7. The van der Waals surface area contributed by atoms with Crippen LogP contribution in [0.15, 0.2) is 53.0 Å². The Kier molecular flexibility index (Phi) is 10.1. The SMILES string of the molecule is COc1nn(C)cc1C(=O)NS1(=O)=NC(=O)c2ccc3c(n2)N(C[C@@H]2CC[C@H]2[C@@H](OC)/C=C/[C@H](O)[C@H](C)C1)C[C@@]1(CCCc2cc(Cl)ccc21)CO3. The largest absolute Gasteiger partial charge is 0.489 e. The predicted octanol–water partition coefficient (Wildman–Crippen LogP) is 4.51. The molecule has 4 aliphatic rings. The molecular formula is C37H45ClN6O7S. The molecule has 0 saturated heterocycles. The number of hydrogen-bond donors (Lipinski definition) is 2. The van der Waals surface area contributed by atoms with Gasteiger partial charge in [-0.05, 0) is 85.3 Å². The van der Waals surface area contributed by atoms with Crippen molar-refractivity contribution >= 4 is 39.1 Å². The number of pyridine rings is 1. The van der Waals surface area contributed by atoms with Gasteiger partial charge in [0.1, 0.15) is 21.2 Å². The summed E-state index contributed by atoms with van der Waals surface area (Å²) >= 11 is 6.44. The Hall–Kier alpha value is -3.98. The van der Waals surface area contributed by atoms with Crippen LogP contribution >= 0.6 is 11.6 Å². The molecule has 1 aromatic carbocycles. The van der Waals surface area contributed by atoms with Crippen LogP contribution in [0.3, 0.4) is 0 Å². The lowest BCUT2D eigenvalue weighted by Crippen LogP contribution is -2.49. The Morgan fingerprint density at radius 3 is 2.77 bits per heavy atom. The van der Waals surface area contributed by atoms with Gasteiger partial charge in [-0.1, -0.05) is 36.7 Å². The molecule has 2 aliphatic carbocycles. The van der Waals surface area contributed by atoms with Crippen LogP contribution in [-0.4, -0.2) is 87.8 Å². The van der Waals surface area contributed by atoms with Gasteiger partial charge in [-0.3, -0.25) is 19.0 Å². The van der Waals surface area contributed by atoms with E-state index in [9.17, 15) is 18.9 Å². The molecule has 2 bridgehead atoms. The zero-order valence-electron chi connectivity index (χ0n) is 29.8. The number of fused-ring (bicyclic) bond motifs is 4. The molecule has 7 atom stereocenters. The second-order valence-electron chi connectivity index (χ2n) is 14.5. The topological polar surface area (TPSA) is 157 Å². The number of aryl methyl sites for hydroxylation is 2. The van der Waals surface area contributed by atoms with E-state index in [1.54, 1.807) is 33.2 Å². The van der Waals surface area contributed by atoms with Crippen LogP contribution < -0.4 is 19.1 Å². The number of halogens is 1. The molecule has 2 aliphatic heterocycles. The van der Waals surface area contributed by atoms with Crippen molar-refractivity contribution in [3.63, 3.8) is 0 Å². The molecule has 1 saturated carbocycles. The second kappa shape index (κ2) is 14.4. The molecule has 278 valence electrons. The maximum absolute atomic E-state index is 14.6. The quantitative estimate of drug-likeness (QED) is 0.364. The van der Waals surface area contributed by atoms with Gasteiger partial charge in [-0.25, -0.2) is 9.19 Å². The number of amides is 2. The number of nitrogens with one attached hydrogen (secondary N) is 1. The predicted molar refractivity (Wildman–Crippen MR) is 196 cm³/mol. The van der Waals surface area contributed by atoms with Crippen molar-refractivity contribution in [2.45, 2.75) is 56.7 Å². The third-order valence-corrected chi connectivity index (χ3v) is 13.2. The average molecular weight is 753 g/mol. The number of ether oxygens (including phenoxy) is 3. The number of hydrogen-bond acceptors (Lipinski definition) is 10. The highest BCUT2D eigenvalue weighted by molar-refractivity contribution is 7.92. The number of benzene rings is 1. The minimum atomic E-state index is -3.83. The number of anilines is 1. The number of nitrogens with zero attached hydrogens (tertiary/aromatic N) is 5. The van der Waals surface area contributed by atoms with Gasteiger partial charge in [-0.15, -0.1) is 9.46 Å². The Bertz CT molecular complexity index is 2030. The highest BCUT2D eigenvalue weighted by atomic mass is 35.5. The van der Waals surface area contributed by atoms with Crippen LogP contribution in [0.1, 0.15) is 64.6 Å². The summed E-state index contributed by atoms with van der Waals surface area (Å²) in [5, 5.41) is 16.0. The van der Waals surface area contributed by atoms with Gasteiger partial charge in [0.2, 0.25) is 5.88 Å². The molecule has 2 amide bonds. The van der Waals surface area contributed by atoms with Gasteiger partial charge >= 0.3 is 5.91 Å². The smallest absolute Gasteiger partial charge is 0.305 e. The van der Waals surface area contributed by atoms with Crippen molar-refractivity contribution in [3.8, 4) is 11.6 Å². The van der Waals surface area contributed by atoms with Gasteiger partial charge in [0.05, 0.1) is 31.7 Å². The van der Waals surface area contributed by atoms with E-state index < -0.39 is 33.8 Å². The number of aliphatic hydroxyl groups excluding tert-OH is 1. The molecular weight excluding hydrogens is 708 g/mol.